The Morgan fingerprint density at radius 3 is 2.43 bits per heavy atom. The minimum absolute atomic E-state index is 0.162. The van der Waals surface area contributed by atoms with Gasteiger partial charge < -0.3 is 15.5 Å². The van der Waals surface area contributed by atoms with Gasteiger partial charge in [0.15, 0.2) is 0 Å². The van der Waals surface area contributed by atoms with Crippen LogP contribution in [0.5, 0.6) is 0 Å². The number of nitrogens with one attached hydrogen (secondary N) is 2. The van der Waals surface area contributed by atoms with Gasteiger partial charge in [-0.25, -0.2) is 4.39 Å². The number of halogens is 1. The van der Waals surface area contributed by atoms with Crippen LogP contribution >= 0.6 is 0 Å². The molecule has 0 saturated carbocycles. The van der Waals surface area contributed by atoms with Crippen molar-refractivity contribution in [3.8, 4) is 0 Å². The Morgan fingerprint density at radius 1 is 0.971 bits per heavy atom. The summed E-state index contributed by atoms with van der Waals surface area (Å²) in [7, 11) is 0. The lowest BCUT2D eigenvalue weighted by molar-refractivity contribution is -0.136. The van der Waals surface area contributed by atoms with Gasteiger partial charge in [0, 0.05) is 50.8 Å². The molecule has 3 aromatic rings. The quantitative estimate of drug-likeness (QED) is 0.534. The molecule has 1 saturated heterocycles. The molecule has 7 nitrogen and oxygen atoms in total. The fraction of sp³-hybridized carbons (Fsp3) is 0.296. The minimum Gasteiger partial charge on any atom is -0.367 e. The number of aryl methyl sites for hydroxylation is 2. The van der Waals surface area contributed by atoms with Crippen LogP contribution in [-0.2, 0) is 9.59 Å². The molecule has 0 aliphatic carbocycles. The molecule has 1 atom stereocenters. The number of aromatic nitrogens is 1. The zero-order chi connectivity index (χ0) is 24.8. The van der Waals surface area contributed by atoms with Gasteiger partial charge in [-0.05, 0) is 60.9 Å². The van der Waals surface area contributed by atoms with Gasteiger partial charge in [-0.2, -0.15) is 0 Å². The fourth-order valence-corrected chi connectivity index (χ4v) is 4.29. The van der Waals surface area contributed by atoms with Gasteiger partial charge >= 0.3 is 11.8 Å². The van der Waals surface area contributed by atoms with E-state index in [-0.39, 0.29) is 18.4 Å². The van der Waals surface area contributed by atoms with Crippen molar-refractivity contribution in [3.63, 3.8) is 0 Å². The summed E-state index contributed by atoms with van der Waals surface area (Å²) in [5.41, 5.74) is 4.28. The lowest BCUT2D eigenvalue weighted by atomic mass is 10.1. The second-order valence-electron chi connectivity index (χ2n) is 8.74. The van der Waals surface area contributed by atoms with Crippen LogP contribution in [0.4, 0.5) is 15.8 Å². The highest BCUT2D eigenvalue weighted by Gasteiger charge is 2.27. The van der Waals surface area contributed by atoms with E-state index in [0.717, 1.165) is 16.7 Å². The van der Waals surface area contributed by atoms with Crippen LogP contribution in [0, 0.1) is 19.7 Å². The number of nitrogens with zero attached hydrogens (tertiary/aromatic N) is 3. The number of carbonyl (C=O) groups excluding carboxylic acids is 2. The molecule has 0 unspecified atom stereocenters. The second kappa shape index (κ2) is 11.1. The summed E-state index contributed by atoms with van der Waals surface area (Å²) in [5.74, 6) is -1.63. The van der Waals surface area contributed by atoms with E-state index in [2.05, 4.69) is 20.5 Å². The van der Waals surface area contributed by atoms with Gasteiger partial charge in [0.05, 0.1) is 11.7 Å². The van der Waals surface area contributed by atoms with Gasteiger partial charge in [-0.1, -0.05) is 24.3 Å². The molecule has 1 aromatic heterocycles. The molecule has 1 aliphatic rings. The third-order valence-corrected chi connectivity index (χ3v) is 6.44. The maximum absolute atomic E-state index is 14.2. The van der Waals surface area contributed by atoms with Gasteiger partial charge in [0.1, 0.15) is 5.82 Å². The maximum atomic E-state index is 14.2. The largest absolute Gasteiger partial charge is 0.367 e. The van der Waals surface area contributed by atoms with Crippen molar-refractivity contribution < 1.29 is 14.0 Å². The zero-order valence-corrected chi connectivity index (χ0v) is 20.0. The molecule has 0 bridgehead atoms. The first kappa shape index (κ1) is 24.3. The fourth-order valence-electron chi connectivity index (χ4n) is 4.29. The topological polar surface area (TPSA) is 77.6 Å². The third kappa shape index (κ3) is 6.02. The van der Waals surface area contributed by atoms with E-state index in [1.165, 1.54) is 6.07 Å². The van der Waals surface area contributed by atoms with Gasteiger partial charge in [0.25, 0.3) is 0 Å². The summed E-state index contributed by atoms with van der Waals surface area (Å²) in [6.07, 6.45) is 3.47. The van der Waals surface area contributed by atoms with Crippen molar-refractivity contribution in [1.29, 1.82) is 0 Å². The van der Waals surface area contributed by atoms with Crippen molar-refractivity contribution in [1.82, 2.24) is 15.2 Å². The molecular weight excluding hydrogens is 445 g/mol. The number of carbonyl (C=O) groups is 2. The number of hydrogen-bond acceptors (Lipinski definition) is 5. The average molecular weight is 476 g/mol. The molecular formula is C27H30FN5O2. The summed E-state index contributed by atoms with van der Waals surface area (Å²) in [6, 6.07) is 16.0. The zero-order valence-electron chi connectivity index (χ0n) is 20.0. The van der Waals surface area contributed by atoms with Crippen LogP contribution < -0.4 is 15.5 Å². The summed E-state index contributed by atoms with van der Waals surface area (Å²) in [5, 5.41) is 5.45. The molecule has 8 heteroatoms. The highest BCUT2D eigenvalue weighted by atomic mass is 19.1. The number of hydrogen-bond donors (Lipinski definition) is 2. The first-order valence-electron chi connectivity index (χ1n) is 11.7. The van der Waals surface area contributed by atoms with Gasteiger partial charge in [-0.3, -0.25) is 19.5 Å². The molecule has 0 radical (unpaired) electrons. The molecule has 2 aromatic carbocycles. The lowest BCUT2D eigenvalue weighted by Gasteiger charge is -2.40. The Hall–Kier alpha value is -3.78. The number of amides is 2. The Bertz CT molecular complexity index is 1180. The predicted octanol–water partition coefficient (Wildman–Crippen LogP) is 3.46. The molecule has 35 heavy (non-hydrogen) atoms. The van der Waals surface area contributed by atoms with E-state index in [4.69, 9.17) is 0 Å². The Kier molecular flexibility index (Phi) is 7.72. The predicted molar refractivity (Wildman–Crippen MR) is 135 cm³/mol. The van der Waals surface area contributed by atoms with Crippen LogP contribution in [0.15, 0.2) is 67.0 Å². The monoisotopic (exact) mass is 475 g/mol. The summed E-state index contributed by atoms with van der Waals surface area (Å²) in [4.78, 5) is 33.6. The van der Waals surface area contributed by atoms with Crippen molar-refractivity contribution in [2.24, 2.45) is 0 Å². The normalized spacial score (nSPS) is 14.9. The Balaban J connectivity index is 1.39. The number of anilines is 2. The SMILES string of the molecule is Cc1ccc(NC(=O)C(=O)NC[C@@H](c2cccnc2)N2CCN(c3ccccc3F)CC2)cc1C. The van der Waals surface area contributed by atoms with Crippen LogP contribution in [0.25, 0.3) is 0 Å². The number of piperazine rings is 1. The molecule has 2 N–H and O–H groups in total. The minimum atomic E-state index is -0.706. The molecule has 2 amide bonds. The lowest BCUT2D eigenvalue weighted by Crippen LogP contribution is -2.50. The van der Waals surface area contributed by atoms with Crippen molar-refractivity contribution in [3.05, 3.63) is 89.5 Å². The van der Waals surface area contributed by atoms with Crippen molar-refractivity contribution in [2.75, 3.05) is 42.9 Å². The van der Waals surface area contributed by atoms with Crippen LogP contribution in [0.1, 0.15) is 22.7 Å². The average Bonchev–Trinajstić information content (AvgIpc) is 2.87. The van der Waals surface area contributed by atoms with E-state index >= 15 is 0 Å². The van der Waals surface area contributed by atoms with E-state index in [9.17, 15) is 14.0 Å². The summed E-state index contributed by atoms with van der Waals surface area (Å²) in [6.45, 7) is 6.86. The smallest absolute Gasteiger partial charge is 0.313 e. The van der Waals surface area contributed by atoms with Gasteiger partial charge in [0.2, 0.25) is 0 Å². The summed E-state index contributed by atoms with van der Waals surface area (Å²) >= 11 is 0. The van der Waals surface area contributed by atoms with Crippen molar-refractivity contribution in [2.45, 2.75) is 19.9 Å². The van der Waals surface area contributed by atoms with Crippen LogP contribution in [0.3, 0.4) is 0 Å². The van der Waals surface area contributed by atoms with E-state index in [1.54, 1.807) is 30.6 Å². The summed E-state index contributed by atoms with van der Waals surface area (Å²) < 4.78 is 14.2. The van der Waals surface area contributed by atoms with E-state index < -0.39 is 11.8 Å². The van der Waals surface area contributed by atoms with E-state index in [0.29, 0.717) is 37.6 Å². The maximum Gasteiger partial charge on any atom is 0.313 e. The molecule has 4 rings (SSSR count). The van der Waals surface area contributed by atoms with Gasteiger partial charge in [-0.15, -0.1) is 0 Å². The van der Waals surface area contributed by atoms with Crippen molar-refractivity contribution >= 4 is 23.2 Å². The molecule has 2 heterocycles. The number of para-hydroxylation sites is 1. The standard InChI is InChI=1S/C27H30FN5O2/c1-19-9-10-22(16-20(19)2)31-27(35)26(34)30-18-25(21-6-5-11-29-17-21)33-14-12-32(13-15-33)24-8-4-3-7-23(24)28/h3-11,16-17,25H,12-15,18H2,1-2H3,(H,30,34)(H,31,35)/t25-/m0/s1. The van der Waals surface area contributed by atoms with E-state index in [1.807, 2.05) is 49.1 Å². The first-order valence-corrected chi connectivity index (χ1v) is 11.7. The highest BCUT2D eigenvalue weighted by molar-refractivity contribution is 6.39. The molecule has 1 fully saturated rings. The Labute approximate surface area is 205 Å². The molecule has 0 spiro atoms. The first-order chi connectivity index (χ1) is 16.9. The molecule has 182 valence electrons. The second-order valence-corrected chi connectivity index (χ2v) is 8.74. The number of rotatable bonds is 6. The number of pyridine rings is 1. The van der Waals surface area contributed by atoms with Crippen LogP contribution in [-0.4, -0.2) is 54.4 Å². The molecule has 1 aliphatic heterocycles. The number of benzene rings is 2. The Morgan fingerprint density at radius 2 is 1.74 bits per heavy atom. The third-order valence-electron chi connectivity index (χ3n) is 6.44. The van der Waals surface area contributed by atoms with Crippen LogP contribution in [0.2, 0.25) is 0 Å². The highest BCUT2D eigenvalue weighted by Crippen LogP contribution is 2.25.